The summed E-state index contributed by atoms with van der Waals surface area (Å²) in [4.78, 5) is 80.9. The molecule has 7 rings (SSSR count). The number of hydrogen-bond donors (Lipinski definition) is 10. The normalized spacial score (nSPS) is 27.5. The number of imidazole rings is 2. The largest absolute Gasteiger partial charge is 0.472 e. The van der Waals surface area contributed by atoms with E-state index >= 15 is 0 Å². The van der Waals surface area contributed by atoms with Crippen LogP contribution in [0, 0.1) is 0 Å². The molecule has 7 heterocycles. The van der Waals surface area contributed by atoms with Crippen molar-refractivity contribution in [2.24, 2.45) is 0 Å². The van der Waals surface area contributed by atoms with Gasteiger partial charge in [0.1, 0.15) is 67.5 Å². The minimum Gasteiger partial charge on any atom is -0.394 e. The highest BCUT2D eigenvalue weighted by Crippen LogP contribution is 2.51. The van der Waals surface area contributed by atoms with Crippen molar-refractivity contribution in [3.63, 3.8) is 0 Å². The van der Waals surface area contributed by atoms with Gasteiger partial charge in [0.2, 0.25) is 17.8 Å². The lowest BCUT2D eigenvalue weighted by molar-refractivity contribution is -0.270. The summed E-state index contributed by atoms with van der Waals surface area (Å²) in [5.74, 6) is -0.797. The van der Waals surface area contributed by atoms with E-state index in [-0.39, 0.29) is 93.4 Å². The van der Waals surface area contributed by atoms with Gasteiger partial charge in [0.25, 0.3) is 5.56 Å². The number of H-pyrrole nitrogens is 1. The average molecular weight is 1120 g/mol. The maximum absolute atomic E-state index is 13.6. The molecule has 2 amide bonds. The molecule has 76 heavy (non-hydrogen) atoms. The van der Waals surface area contributed by atoms with Crippen LogP contribution in [0.4, 0.5) is 11.8 Å². The quantitative estimate of drug-likeness (QED) is 0.0166. The van der Waals surface area contributed by atoms with Crippen LogP contribution in [0.5, 0.6) is 0 Å². The van der Waals surface area contributed by atoms with Gasteiger partial charge in [-0.2, -0.15) is 4.98 Å². The van der Waals surface area contributed by atoms with E-state index in [1.807, 2.05) is 0 Å². The predicted octanol–water partition coefficient (Wildman–Crippen LogP) is -1.63. The Hall–Kier alpha value is -4.74. The van der Waals surface area contributed by atoms with Gasteiger partial charge in [-0.3, -0.25) is 46.6 Å². The van der Waals surface area contributed by atoms with Crippen molar-refractivity contribution in [1.29, 1.82) is 0 Å². The Balaban J connectivity index is 0.856. The van der Waals surface area contributed by atoms with Gasteiger partial charge in [-0.1, -0.05) is 0 Å². The molecule has 0 spiro atoms. The molecule has 3 aliphatic rings. The highest BCUT2D eigenvalue weighted by Gasteiger charge is 2.47. The number of nitrogens with zero attached hydrogens (tertiary/aromatic N) is 7. The summed E-state index contributed by atoms with van der Waals surface area (Å²) < 4.78 is 91.2. The molecule has 3 aliphatic heterocycles. The number of phosphoric ester groups is 2. The van der Waals surface area contributed by atoms with Crippen LogP contribution < -0.4 is 27.7 Å². The number of nitrogens with one attached hydrogen (secondary N) is 3. The number of ether oxygens (including phenoxy) is 7. The van der Waals surface area contributed by atoms with Crippen LogP contribution in [-0.2, 0) is 70.0 Å². The molecule has 424 valence electrons. The molecular weight excluding hydrogens is 1060 g/mol. The summed E-state index contributed by atoms with van der Waals surface area (Å²) in [7, 11) is -9.61. The molecule has 33 nitrogen and oxygen atoms in total. The Bertz CT molecular complexity index is 2720. The number of aromatic amines is 1. The lowest BCUT2D eigenvalue weighted by atomic mass is 9.97. The molecule has 35 heteroatoms. The first kappa shape index (κ1) is 58.9. The monoisotopic (exact) mass is 1120 g/mol. The van der Waals surface area contributed by atoms with Crippen molar-refractivity contribution < 1.29 is 95.1 Å². The Morgan fingerprint density at radius 3 is 2.38 bits per heavy atom. The number of carbonyl (C=O) groups excluding carboxylic acids is 2. The van der Waals surface area contributed by atoms with Crippen molar-refractivity contribution in [3.8, 4) is 0 Å². The van der Waals surface area contributed by atoms with Crippen LogP contribution in [-0.4, -0.2) is 197 Å². The predicted molar refractivity (Wildman–Crippen MR) is 257 cm³/mol. The van der Waals surface area contributed by atoms with Crippen LogP contribution in [0.1, 0.15) is 65.3 Å². The van der Waals surface area contributed by atoms with Crippen LogP contribution >= 0.6 is 15.6 Å². The number of carbonyl (C=O) groups is 2. The number of anilines is 2. The molecule has 3 fully saturated rings. The highest BCUT2D eigenvalue weighted by atomic mass is 31.2. The van der Waals surface area contributed by atoms with Crippen molar-refractivity contribution in [2.75, 3.05) is 71.1 Å². The van der Waals surface area contributed by atoms with Gasteiger partial charge in [0.15, 0.2) is 35.1 Å². The first-order valence-corrected chi connectivity index (χ1v) is 27.0. The van der Waals surface area contributed by atoms with Gasteiger partial charge in [0.05, 0.1) is 64.5 Å². The number of phosphoric acid groups is 2. The molecule has 0 radical (unpaired) electrons. The van der Waals surface area contributed by atoms with Gasteiger partial charge < -0.3 is 80.4 Å². The molecule has 13 atom stereocenters. The smallest absolute Gasteiger partial charge is 0.394 e. The summed E-state index contributed by atoms with van der Waals surface area (Å²) in [6, 6.07) is -1.06. The van der Waals surface area contributed by atoms with Gasteiger partial charge >= 0.3 is 15.6 Å². The van der Waals surface area contributed by atoms with E-state index in [2.05, 4.69) is 40.5 Å². The second kappa shape index (κ2) is 26.7. The second-order valence-electron chi connectivity index (χ2n) is 17.9. The summed E-state index contributed by atoms with van der Waals surface area (Å²) >= 11 is 0. The van der Waals surface area contributed by atoms with Crippen molar-refractivity contribution in [3.05, 3.63) is 29.3 Å². The zero-order chi connectivity index (χ0) is 54.7. The van der Waals surface area contributed by atoms with Gasteiger partial charge in [-0.05, 0) is 26.7 Å². The number of aliphatic hydroxyl groups excluding tert-OH is 3. The molecular formula is C41H64N12O21P2. The fourth-order valence-electron chi connectivity index (χ4n) is 8.37. The molecule has 0 saturated carbocycles. The number of amides is 2. The first-order chi connectivity index (χ1) is 36.2. The third-order valence-electron chi connectivity index (χ3n) is 11.8. The number of hydrogen-bond acceptors (Lipinski definition) is 26. The minimum absolute atomic E-state index is 0.0287. The fraction of sp³-hybridized carbons (Fsp3) is 0.707. The van der Waals surface area contributed by atoms with Crippen LogP contribution in [0.15, 0.2) is 23.8 Å². The molecule has 0 aromatic carbocycles. The lowest BCUT2D eigenvalue weighted by Crippen LogP contribution is -2.64. The number of nitrogens with two attached hydrogens (primary N) is 2. The van der Waals surface area contributed by atoms with E-state index in [0.29, 0.717) is 18.5 Å². The molecule has 0 bridgehead atoms. The molecule has 2 unspecified atom stereocenters. The average Bonchev–Trinajstić information content (AvgIpc) is 4.18. The van der Waals surface area contributed by atoms with Crippen molar-refractivity contribution in [2.45, 2.75) is 126 Å². The maximum Gasteiger partial charge on any atom is 0.472 e. The van der Waals surface area contributed by atoms with Crippen LogP contribution in [0.25, 0.3) is 22.3 Å². The molecule has 4 aromatic heterocycles. The number of fused-ring (bicyclic) bond motifs is 2. The minimum atomic E-state index is -4.99. The van der Waals surface area contributed by atoms with Crippen LogP contribution in [0.3, 0.4) is 0 Å². The number of nitrogen functional groups attached to an aromatic ring is 2. The van der Waals surface area contributed by atoms with Crippen molar-refractivity contribution in [1.82, 2.24) is 49.7 Å². The van der Waals surface area contributed by atoms with E-state index in [9.17, 15) is 48.6 Å². The summed E-state index contributed by atoms with van der Waals surface area (Å²) in [5.41, 5.74) is 11.7. The van der Waals surface area contributed by atoms with Gasteiger partial charge in [-0.15, -0.1) is 0 Å². The molecule has 3 saturated heterocycles. The second-order valence-corrected chi connectivity index (χ2v) is 20.7. The van der Waals surface area contributed by atoms with E-state index in [1.165, 1.54) is 44.3 Å². The Kier molecular flexibility index (Phi) is 20.7. The van der Waals surface area contributed by atoms with Gasteiger partial charge in [-0.25, -0.2) is 29.1 Å². The SMILES string of the molecule is CC(=O)N[C@H]1[C@H](OCCCCC(=O)NCCOCCOCO[C@@H]2C[C@@H](COP(=O)(O)O[C@H]3C[C@H](n4cnc5c(=O)[nH]c(N)nc54)O[C@@H]3COP(=O)(O)OC(C)C)O[C@H]2n2cnc3c(N)ncnc32)O[C@H](CO)[C@H](O)[C@@H]1O. The van der Waals surface area contributed by atoms with Gasteiger partial charge in [0, 0.05) is 39.3 Å². The van der Waals surface area contributed by atoms with Crippen molar-refractivity contribution >= 4 is 61.6 Å². The van der Waals surface area contributed by atoms with Crippen LogP contribution in [0.2, 0.25) is 0 Å². The highest BCUT2D eigenvalue weighted by molar-refractivity contribution is 7.47. The summed E-state index contributed by atoms with van der Waals surface area (Å²) in [6.07, 6.45) is -7.10. The number of rotatable bonds is 29. The molecule has 4 aromatic rings. The topological polar surface area (TPSA) is 454 Å². The first-order valence-electron chi connectivity index (χ1n) is 24.0. The fourth-order valence-corrected chi connectivity index (χ4v) is 10.3. The third-order valence-corrected chi connectivity index (χ3v) is 14.0. The number of aliphatic hydroxyl groups is 3. The third kappa shape index (κ3) is 15.7. The number of unbranched alkanes of at least 4 members (excludes halogenated alkanes) is 1. The standard InChI is InChI=1S/C41H64N12O21P2/c1-21(2)73-75(60,61)69-16-27-24(13-29(71-27)52-18-48-32-37(52)50-41(43)51-38(32)59)74-76(62,63)68-15-23-12-25(39(70-23)53-19-47-31-35(42)45-17-46-36(31)53)67-20-65-11-10-64-9-7-44-28(56)6-4-5-8-66-40-30(49-22(3)55)34(58)33(57)26(14-54)72-40/h17-19,21,23-27,29-30,33-34,39-40,54,57-58H,4-16,20H2,1-3H3,(H,44,56)(H,49,55)(H,60,61)(H,62,63)(H2,42,45,46)(H3,43,50,51,59)/t23-,24-,25+,26+,27+,29+,30+,33-,34+,39+,40+/m0/s1. The van der Waals surface area contributed by atoms with E-state index < -0.39 is 121 Å². The molecule has 12 N–H and O–H groups in total. The van der Waals surface area contributed by atoms with E-state index in [1.54, 1.807) is 4.57 Å². The van der Waals surface area contributed by atoms with E-state index in [4.69, 9.17) is 62.7 Å². The lowest BCUT2D eigenvalue weighted by Gasteiger charge is -2.42. The molecule has 0 aliphatic carbocycles. The summed E-state index contributed by atoms with van der Waals surface area (Å²) in [5, 5.41) is 35.3. The Morgan fingerprint density at radius 1 is 0.868 bits per heavy atom. The number of aromatic nitrogens is 8. The zero-order valence-electron chi connectivity index (χ0n) is 41.5. The Labute approximate surface area is 432 Å². The Morgan fingerprint density at radius 2 is 1.62 bits per heavy atom. The summed E-state index contributed by atoms with van der Waals surface area (Å²) in [6.45, 7) is 3.08. The van der Waals surface area contributed by atoms with E-state index in [0.717, 1.165) is 0 Å². The maximum atomic E-state index is 13.6. The zero-order valence-corrected chi connectivity index (χ0v) is 43.3.